The summed E-state index contributed by atoms with van der Waals surface area (Å²) < 4.78 is 36.4. The Morgan fingerprint density at radius 3 is 2.84 bits per heavy atom. The van der Waals surface area contributed by atoms with Gasteiger partial charge in [-0.05, 0) is 30.3 Å². The van der Waals surface area contributed by atoms with Gasteiger partial charge in [0.25, 0.3) is 11.9 Å². The highest BCUT2D eigenvalue weighted by Gasteiger charge is 2.58. The highest BCUT2D eigenvalue weighted by atomic mass is 19.1. The highest BCUT2D eigenvalue weighted by Crippen LogP contribution is 2.51. The van der Waals surface area contributed by atoms with Crippen molar-refractivity contribution in [1.29, 1.82) is 0 Å². The van der Waals surface area contributed by atoms with Crippen molar-refractivity contribution in [1.82, 2.24) is 4.98 Å². The summed E-state index contributed by atoms with van der Waals surface area (Å²) in [6, 6.07) is 7.51. The molecule has 9 nitrogen and oxygen atoms in total. The minimum Gasteiger partial charge on any atom is -0.490 e. The number of ether oxygens (including phenoxy) is 4. The number of hydrogen-bond acceptors (Lipinski definition) is 8. The normalized spacial score (nSPS) is 24.3. The molecule has 1 aromatic carbocycles. The third kappa shape index (κ3) is 3.98. The van der Waals surface area contributed by atoms with Crippen LogP contribution in [0.3, 0.4) is 0 Å². The van der Waals surface area contributed by atoms with Crippen molar-refractivity contribution in [3.8, 4) is 5.75 Å². The molecule has 10 heteroatoms. The first-order valence-corrected chi connectivity index (χ1v) is 10.1. The molecule has 2 aromatic rings. The molecule has 1 aromatic heterocycles. The SMILES string of the molecule is COCCOc1ccc(C(=O)Nc2ccc(F)c([C@]34COC[C@@]3(C)COC(N)=N4)c2)nc1. The van der Waals surface area contributed by atoms with Gasteiger partial charge in [0, 0.05) is 18.4 Å². The topological polar surface area (TPSA) is 117 Å². The number of carbonyl (C=O) groups is 1. The largest absolute Gasteiger partial charge is 0.490 e. The van der Waals surface area contributed by atoms with Crippen LogP contribution in [0, 0.1) is 11.2 Å². The summed E-state index contributed by atoms with van der Waals surface area (Å²) in [6.07, 6.45) is 1.46. The van der Waals surface area contributed by atoms with Crippen molar-refractivity contribution in [2.24, 2.45) is 16.1 Å². The summed E-state index contributed by atoms with van der Waals surface area (Å²) in [7, 11) is 1.58. The second kappa shape index (κ2) is 8.71. The number of nitrogens with one attached hydrogen (secondary N) is 1. The van der Waals surface area contributed by atoms with Gasteiger partial charge in [-0.3, -0.25) is 4.79 Å². The number of nitrogens with zero attached hydrogens (tertiary/aromatic N) is 2. The van der Waals surface area contributed by atoms with Gasteiger partial charge in [-0.25, -0.2) is 14.4 Å². The number of rotatable bonds is 7. The van der Waals surface area contributed by atoms with Crippen molar-refractivity contribution >= 4 is 17.6 Å². The number of aliphatic imine (C=N–C) groups is 1. The number of benzene rings is 1. The molecule has 0 saturated carbocycles. The Morgan fingerprint density at radius 2 is 2.09 bits per heavy atom. The summed E-state index contributed by atoms with van der Waals surface area (Å²) in [5.74, 6) is -0.380. The van der Waals surface area contributed by atoms with Crippen LogP contribution in [0.2, 0.25) is 0 Å². The molecule has 0 aliphatic carbocycles. The summed E-state index contributed by atoms with van der Waals surface area (Å²) in [5, 5.41) is 2.76. The summed E-state index contributed by atoms with van der Waals surface area (Å²) in [6.45, 7) is 3.51. The summed E-state index contributed by atoms with van der Waals surface area (Å²) >= 11 is 0. The number of hydrogen-bond donors (Lipinski definition) is 2. The standard InChI is InChI=1S/C22H25FN4O5/c1-21-11-30-13-22(21,27-20(24)32-12-21)16-9-14(3-5-17(16)23)26-19(28)18-6-4-15(10-25-18)31-8-7-29-2/h3-6,9-10H,7-8,11-13H2,1-2H3,(H2,24,27)(H,26,28)/t21-,22+/m0/s1. The molecule has 3 heterocycles. The number of nitrogens with two attached hydrogens (primary N) is 1. The van der Waals surface area contributed by atoms with Gasteiger partial charge in [0.2, 0.25) is 0 Å². The lowest BCUT2D eigenvalue weighted by molar-refractivity contribution is 0.0665. The molecular formula is C22H25FN4O5. The van der Waals surface area contributed by atoms with E-state index in [1.54, 1.807) is 25.3 Å². The van der Waals surface area contributed by atoms with Gasteiger partial charge in [-0.2, -0.15) is 0 Å². The molecule has 2 aliphatic heterocycles. The van der Waals surface area contributed by atoms with E-state index >= 15 is 0 Å². The Morgan fingerprint density at radius 1 is 1.25 bits per heavy atom. The molecule has 0 bridgehead atoms. The molecule has 32 heavy (non-hydrogen) atoms. The van der Waals surface area contributed by atoms with Gasteiger partial charge in [-0.15, -0.1) is 0 Å². The van der Waals surface area contributed by atoms with Crippen molar-refractivity contribution in [3.63, 3.8) is 0 Å². The molecule has 0 unspecified atom stereocenters. The first kappa shape index (κ1) is 22.0. The van der Waals surface area contributed by atoms with Crippen LogP contribution in [0.15, 0.2) is 41.5 Å². The Kier molecular flexibility index (Phi) is 5.98. The van der Waals surface area contributed by atoms with E-state index in [0.29, 0.717) is 31.3 Å². The Bertz CT molecular complexity index is 1030. The predicted molar refractivity (Wildman–Crippen MR) is 114 cm³/mol. The number of amidine groups is 1. The van der Waals surface area contributed by atoms with Crippen molar-refractivity contribution < 1.29 is 28.1 Å². The molecule has 2 aliphatic rings. The maximum atomic E-state index is 15.0. The van der Waals surface area contributed by atoms with Crippen LogP contribution < -0.4 is 15.8 Å². The van der Waals surface area contributed by atoms with Crippen molar-refractivity contribution in [2.45, 2.75) is 12.5 Å². The van der Waals surface area contributed by atoms with Crippen LogP contribution in [0.5, 0.6) is 5.75 Å². The highest BCUT2D eigenvalue weighted by molar-refractivity contribution is 6.02. The minimum absolute atomic E-state index is 0.0150. The average molecular weight is 444 g/mol. The fourth-order valence-corrected chi connectivity index (χ4v) is 3.92. The number of fused-ring (bicyclic) bond motifs is 1. The Hall–Kier alpha value is -3.24. The van der Waals surface area contributed by atoms with Gasteiger partial charge in [0.05, 0.1) is 31.4 Å². The van der Waals surface area contributed by atoms with E-state index in [1.807, 2.05) is 6.92 Å². The molecule has 4 rings (SSSR count). The molecule has 1 fully saturated rings. The molecule has 3 N–H and O–H groups in total. The first-order chi connectivity index (χ1) is 15.4. The van der Waals surface area contributed by atoms with Gasteiger partial charge < -0.3 is 30.0 Å². The van der Waals surface area contributed by atoms with Gasteiger partial charge in [-0.1, -0.05) is 6.92 Å². The number of carbonyl (C=O) groups excluding carboxylic acids is 1. The summed E-state index contributed by atoms with van der Waals surface area (Å²) in [4.78, 5) is 21.3. The molecule has 0 radical (unpaired) electrons. The number of amides is 1. The second-order valence-electron chi connectivity index (χ2n) is 8.02. The summed E-state index contributed by atoms with van der Waals surface area (Å²) in [5.41, 5.74) is 5.06. The van der Waals surface area contributed by atoms with Crippen molar-refractivity contribution in [3.05, 3.63) is 53.6 Å². The van der Waals surface area contributed by atoms with Crippen molar-refractivity contribution in [2.75, 3.05) is 45.5 Å². The van der Waals surface area contributed by atoms with Crippen LogP contribution in [0.4, 0.5) is 10.1 Å². The zero-order valence-electron chi connectivity index (χ0n) is 17.9. The lowest BCUT2D eigenvalue weighted by atomic mass is 9.69. The molecule has 1 amide bonds. The Labute approximate surface area is 184 Å². The third-order valence-corrected chi connectivity index (χ3v) is 5.76. The van der Waals surface area contributed by atoms with Crippen LogP contribution in [0.25, 0.3) is 0 Å². The average Bonchev–Trinajstić information content (AvgIpc) is 3.13. The van der Waals surface area contributed by atoms with E-state index in [1.165, 1.54) is 18.3 Å². The predicted octanol–water partition coefficient (Wildman–Crippen LogP) is 2.07. The van der Waals surface area contributed by atoms with Crippen LogP contribution >= 0.6 is 0 Å². The van der Waals surface area contributed by atoms with E-state index in [4.69, 9.17) is 24.7 Å². The smallest absolute Gasteiger partial charge is 0.282 e. The third-order valence-electron chi connectivity index (χ3n) is 5.76. The lowest BCUT2D eigenvalue weighted by Gasteiger charge is -2.42. The van der Waals surface area contributed by atoms with Crippen LogP contribution in [0.1, 0.15) is 23.0 Å². The fraction of sp³-hybridized carbons (Fsp3) is 0.409. The van der Waals surface area contributed by atoms with Gasteiger partial charge in [0.15, 0.2) is 0 Å². The Balaban J connectivity index is 1.56. The maximum absolute atomic E-state index is 15.0. The molecule has 1 saturated heterocycles. The number of halogens is 1. The lowest BCUT2D eigenvalue weighted by Crippen LogP contribution is -2.50. The van der Waals surface area contributed by atoms with Crippen LogP contribution in [-0.2, 0) is 19.7 Å². The molecule has 2 atom stereocenters. The van der Waals surface area contributed by atoms with E-state index in [9.17, 15) is 9.18 Å². The van der Waals surface area contributed by atoms with E-state index in [0.717, 1.165) is 0 Å². The van der Waals surface area contributed by atoms with E-state index < -0.39 is 22.7 Å². The monoisotopic (exact) mass is 444 g/mol. The van der Waals surface area contributed by atoms with E-state index in [2.05, 4.69) is 15.3 Å². The fourth-order valence-electron chi connectivity index (χ4n) is 3.92. The number of pyridine rings is 1. The first-order valence-electron chi connectivity index (χ1n) is 10.1. The second-order valence-corrected chi connectivity index (χ2v) is 8.02. The number of methoxy groups -OCH3 is 1. The molecular weight excluding hydrogens is 419 g/mol. The zero-order chi connectivity index (χ0) is 22.8. The minimum atomic E-state index is -1.04. The van der Waals surface area contributed by atoms with Gasteiger partial charge in [0.1, 0.15) is 36.0 Å². The zero-order valence-corrected chi connectivity index (χ0v) is 17.9. The molecule has 0 spiro atoms. The maximum Gasteiger partial charge on any atom is 0.282 e. The van der Waals surface area contributed by atoms with Gasteiger partial charge >= 0.3 is 0 Å². The number of aromatic nitrogens is 1. The number of anilines is 1. The van der Waals surface area contributed by atoms with Crippen LogP contribution in [-0.4, -0.2) is 57.1 Å². The van der Waals surface area contributed by atoms with E-state index in [-0.39, 0.29) is 30.5 Å². The quantitative estimate of drug-likeness (QED) is 0.628. The molecule has 170 valence electrons.